The van der Waals surface area contributed by atoms with Gasteiger partial charge in [-0.05, 0) is 0 Å². The molecule has 94 valence electrons. The first kappa shape index (κ1) is 12.8. The normalized spacial score (nSPS) is 10.3. The monoisotopic (exact) mass is 308 g/mol. The van der Waals surface area contributed by atoms with Crippen molar-refractivity contribution in [3.8, 4) is 11.3 Å². The van der Waals surface area contributed by atoms with Gasteiger partial charge < -0.3 is 9.84 Å². The van der Waals surface area contributed by atoms with Crippen LogP contribution in [0.4, 0.5) is 0 Å². The Morgan fingerprint density at radius 3 is 2.83 bits per heavy atom. The molecule has 2 rings (SSSR count). The summed E-state index contributed by atoms with van der Waals surface area (Å²) < 4.78 is 5.23. The Hall–Kier alpha value is -1.62. The molecule has 18 heavy (non-hydrogen) atoms. The standard InChI is InChI=1S/C13H13BrN2O2/c14-7-6-13(17)15-9-11-8-12(18-16-11)10-4-2-1-3-5-10/h1-5,8H,6-7,9H2,(H,15,17). The zero-order valence-corrected chi connectivity index (χ0v) is 11.3. The first-order valence-corrected chi connectivity index (χ1v) is 6.75. The molecule has 0 atom stereocenters. The Labute approximate surface area is 113 Å². The Morgan fingerprint density at radius 1 is 1.33 bits per heavy atom. The molecular formula is C13H13BrN2O2. The number of benzene rings is 1. The van der Waals surface area contributed by atoms with Gasteiger partial charge in [-0.1, -0.05) is 51.4 Å². The number of halogens is 1. The maximum absolute atomic E-state index is 11.3. The lowest BCUT2D eigenvalue weighted by molar-refractivity contribution is -0.120. The molecular weight excluding hydrogens is 296 g/mol. The third kappa shape index (κ3) is 3.43. The van der Waals surface area contributed by atoms with Crippen LogP contribution in [0.3, 0.4) is 0 Å². The van der Waals surface area contributed by atoms with E-state index >= 15 is 0 Å². The Morgan fingerprint density at radius 2 is 2.11 bits per heavy atom. The summed E-state index contributed by atoms with van der Waals surface area (Å²) in [7, 11) is 0. The van der Waals surface area contributed by atoms with E-state index in [1.54, 1.807) is 0 Å². The van der Waals surface area contributed by atoms with Gasteiger partial charge in [0.15, 0.2) is 5.76 Å². The fraction of sp³-hybridized carbons (Fsp3) is 0.231. The van der Waals surface area contributed by atoms with Crippen LogP contribution in [0.1, 0.15) is 12.1 Å². The lowest BCUT2D eigenvalue weighted by Gasteiger charge is -1.99. The third-order valence-electron chi connectivity index (χ3n) is 2.41. The van der Waals surface area contributed by atoms with Crippen molar-refractivity contribution in [3.05, 3.63) is 42.1 Å². The number of amides is 1. The van der Waals surface area contributed by atoms with E-state index in [1.807, 2.05) is 36.4 Å². The minimum atomic E-state index is -0.00358. The molecule has 1 aromatic carbocycles. The minimum absolute atomic E-state index is 0.00358. The van der Waals surface area contributed by atoms with Gasteiger partial charge in [-0.15, -0.1) is 0 Å². The number of aromatic nitrogens is 1. The van der Waals surface area contributed by atoms with Gasteiger partial charge in [0.05, 0.1) is 6.54 Å². The number of alkyl halides is 1. The Kier molecular flexibility index (Phi) is 4.52. The van der Waals surface area contributed by atoms with Gasteiger partial charge in [-0.25, -0.2) is 0 Å². The van der Waals surface area contributed by atoms with Crippen LogP contribution in [0.25, 0.3) is 11.3 Å². The maximum Gasteiger partial charge on any atom is 0.221 e. The van der Waals surface area contributed by atoms with Crippen LogP contribution < -0.4 is 5.32 Å². The van der Waals surface area contributed by atoms with Crippen molar-refractivity contribution in [1.82, 2.24) is 10.5 Å². The van der Waals surface area contributed by atoms with Crippen molar-refractivity contribution in [2.45, 2.75) is 13.0 Å². The second kappa shape index (κ2) is 6.35. The smallest absolute Gasteiger partial charge is 0.221 e. The molecule has 0 spiro atoms. The van der Waals surface area contributed by atoms with Gasteiger partial charge in [0.2, 0.25) is 5.91 Å². The van der Waals surface area contributed by atoms with Gasteiger partial charge in [0.1, 0.15) is 5.69 Å². The minimum Gasteiger partial charge on any atom is -0.356 e. The summed E-state index contributed by atoms with van der Waals surface area (Å²) in [6, 6.07) is 11.6. The zero-order chi connectivity index (χ0) is 12.8. The summed E-state index contributed by atoms with van der Waals surface area (Å²) in [5.74, 6) is 0.705. The molecule has 4 nitrogen and oxygen atoms in total. The molecule has 1 heterocycles. The fourth-order valence-electron chi connectivity index (χ4n) is 1.50. The molecule has 1 N–H and O–H groups in total. The van der Waals surface area contributed by atoms with E-state index in [0.717, 1.165) is 11.3 Å². The molecule has 5 heteroatoms. The molecule has 0 unspecified atom stereocenters. The highest BCUT2D eigenvalue weighted by Gasteiger charge is 2.07. The lowest BCUT2D eigenvalue weighted by atomic mass is 10.2. The first-order chi connectivity index (χ1) is 8.79. The number of carbonyl (C=O) groups excluding carboxylic acids is 1. The van der Waals surface area contributed by atoms with Crippen LogP contribution in [-0.4, -0.2) is 16.4 Å². The molecule has 0 aliphatic rings. The number of hydrogen-bond acceptors (Lipinski definition) is 3. The first-order valence-electron chi connectivity index (χ1n) is 5.63. The number of carbonyl (C=O) groups is 1. The lowest BCUT2D eigenvalue weighted by Crippen LogP contribution is -2.22. The molecule has 1 aromatic heterocycles. The van der Waals surface area contributed by atoms with Crippen molar-refractivity contribution >= 4 is 21.8 Å². The van der Waals surface area contributed by atoms with Crippen LogP contribution in [0.2, 0.25) is 0 Å². The van der Waals surface area contributed by atoms with Crippen molar-refractivity contribution in [2.24, 2.45) is 0 Å². The summed E-state index contributed by atoms with van der Waals surface area (Å²) >= 11 is 3.22. The van der Waals surface area contributed by atoms with Gasteiger partial charge in [-0.3, -0.25) is 4.79 Å². The van der Waals surface area contributed by atoms with Gasteiger partial charge in [0.25, 0.3) is 0 Å². The molecule has 2 aromatic rings. The molecule has 0 bridgehead atoms. The summed E-state index contributed by atoms with van der Waals surface area (Å²) in [4.78, 5) is 11.3. The average Bonchev–Trinajstić information content (AvgIpc) is 2.87. The number of hydrogen-bond donors (Lipinski definition) is 1. The van der Waals surface area contributed by atoms with Crippen LogP contribution in [0.5, 0.6) is 0 Å². The van der Waals surface area contributed by atoms with Gasteiger partial charge >= 0.3 is 0 Å². The van der Waals surface area contributed by atoms with Crippen molar-refractivity contribution in [2.75, 3.05) is 5.33 Å². The highest BCUT2D eigenvalue weighted by Crippen LogP contribution is 2.19. The second-order valence-electron chi connectivity index (χ2n) is 3.76. The van der Waals surface area contributed by atoms with Crippen molar-refractivity contribution < 1.29 is 9.32 Å². The summed E-state index contributed by atoms with van der Waals surface area (Å²) in [5, 5.41) is 7.36. The van der Waals surface area contributed by atoms with Crippen molar-refractivity contribution in [3.63, 3.8) is 0 Å². The highest BCUT2D eigenvalue weighted by molar-refractivity contribution is 9.09. The largest absolute Gasteiger partial charge is 0.356 e. The SMILES string of the molecule is O=C(CCBr)NCc1cc(-c2ccccc2)on1. The topological polar surface area (TPSA) is 55.1 Å². The van der Waals surface area contributed by atoms with E-state index in [-0.39, 0.29) is 5.91 Å². The molecule has 0 saturated carbocycles. The van der Waals surface area contributed by atoms with E-state index in [9.17, 15) is 4.79 Å². The summed E-state index contributed by atoms with van der Waals surface area (Å²) in [5.41, 5.74) is 1.69. The van der Waals surface area contributed by atoms with E-state index < -0.39 is 0 Å². The third-order valence-corrected chi connectivity index (χ3v) is 2.80. The molecule has 1 amide bonds. The predicted octanol–water partition coefficient (Wildman–Crippen LogP) is 2.74. The Balaban J connectivity index is 1.97. The molecule has 0 saturated heterocycles. The van der Waals surface area contributed by atoms with Crippen molar-refractivity contribution in [1.29, 1.82) is 0 Å². The van der Waals surface area contributed by atoms with Crippen LogP contribution in [0, 0.1) is 0 Å². The number of nitrogens with one attached hydrogen (secondary N) is 1. The average molecular weight is 309 g/mol. The Bertz CT molecular complexity index is 511. The summed E-state index contributed by atoms with van der Waals surface area (Å²) in [6.07, 6.45) is 0.462. The van der Waals surface area contributed by atoms with Gasteiger partial charge in [-0.2, -0.15) is 0 Å². The van der Waals surface area contributed by atoms with E-state index in [0.29, 0.717) is 24.1 Å². The summed E-state index contributed by atoms with van der Waals surface area (Å²) in [6.45, 7) is 0.391. The van der Waals surface area contributed by atoms with Crippen LogP contribution in [0.15, 0.2) is 40.9 Å². The number of rotatable bonds is 5. The maximum atomic E-state index is 11.3. The van der Waals surface area contributed by atoms with Crippen LogP contribution in [-0.2, 0) is 11.3 Å². The molecule has 0 radical (unpaired) electrons. The van der Waals surface area contributed by atoms with Crippen LogP contribution >= 0.6 is 15.9 Å². The zero-order valence-electron chi connectivity index (χ0n) is 9.73. The second-order valence-corrected chi connectivity index (χ2v) is 4.56. The van der Waals surface area contributed by atoms with Gasteiger partial charge in [0, 0.05) is 23.4 Å². The van der Waals surface area contributed by atoms with E-state index in [4.69, 9.17) is 4.52 Å². The predicted molar refractivity (Wildman–Crippen MR) is 72.2 cm³/mol. The molecule has 0 aliphatic carbocycles. The molecule has 0 fully saturated rings. The van der Waals surface area contributed by atoms with E-state index in [2.05, 4.69) is 26.4 Å². The highest BCUT2D eigenvalue weighted by atomic mass is 79.9. The quantitative estimate of drug-likeness (QED) is 0.864. The fourth-order valence-corrected chi connectivity index (χ4v) is 1.86. The van der Waals surface area contributed by atoms with E-state index in [1.165, 1.54) is 0 Å². The number of nitrogens with zero attached hydrogens (tertiary/aromatic N) is 1. The molecule has 0 aliphatic heterocycles.